The molecule has 0 spiro atoms. The number of hydrogen-bond donors (Lipinski definition) is 2. The minimum Gasteiger partial charge on any atom is -0.384 e. The number of benzene rings is 3. The number of anilines is 1. The molecule has 170 valence electrons. The summed E-state index contributed by atoms with van der Waals surface area (Å²) in [6.45, 7) is 0.386. The van der Waals surface area contributed by atoms with Crippen LogP contribution in [0.4, 0.5) is 10.5 Å². The number of urea groups is 1. The molecule has 0 saturated carbocycles. The van der Waals surface area contributed by atoms with E-state index in [4.69, 9.17) is 23.2 Å². The Morgan fingerprint density at radius 2 is 1.74 bits per heavy atom. The summed E-state index contributed by atoms with van der Waals surface area (Å²) in [5.41, 5.74) is 4.62. The molecule has 1 atom stereocenters. The van der Waals surface area contributed by atoms with Gasteiger partial charge >= 0.3 is 6.03 Å². The Hall–Kier alpha value is -3.45. The number of aliphatic hydroxyl groups is 1. The number of nitrogens with zero attached hydrogens (tertiary/aromatic N) is 3. The molecule has 0 aliphatic carbocycles. The fraction of sp³-hybridized carbons (Fsp3) is 0.115. The van der Waals surface area contributed by atoms with Gasteiger partial charge in [-0.1, -0.05) is 65.7 Å². The molecule has 2 heterocycles. The largest absolute Gasteiger partial charge is 0.384 e. The van der Waals surface area contributed by atoms with Gasteiger partial charge in [0.15, 0.2) is 0 Å². The van der Waals surface area contributed by atoms with Crippen molar-refractivity contribution in [2.24, 2.45) is 5.10 Å². The van der Waals surface area contributed by atoms with E-state index in [9.17, 15) is 9.90 Å². The van der Waals surface area contributed by atoms with Crippen molar-refractivity contribution in [3.05, 3.63) is 105 Å². The van der Waals surface area contributed by atoms with Gasteiger partial charge in [0.2, 0.25) is 0 Å². The van der Waals surface area contributed by atoms with Crippen LogP contribution in [-0.2, 0) is 6.42 Å². The van der Waals surface area contributed by atoms with Crippen LogP contribution in [0.3, 0.4) is 0 Å². The maximum absolute atomic E-state index is 12.0. The minimum atomic E-state index is -0.783. The van der Waals surface area contributed by atoms with Gasteiger partial charge in [-0.05, 0) is 41.0 Å². The van der Waals surface area contributed by atoms with Crippen LogP contribution >= 0.6 is 23.2 Å². The number of halogens is 2. The van der Waals surface area contributed by atoms with E-state index >= 15 is 0 Å². The van der Waals surface area contributed by atoms with Crippen molar-refractivity contribution in [3.8, 4) is 0 Å². The van der Waals surface area contributed by atoms with E-state index in [1.807, 2.05) is 54.6 Å². The van der Waals surface area contributed by atoms with E-state index in [-0.39, 0.29) is 6.03 Å². The highest BCUT2D eigenvalue weighted by Gasteiger charge is 2.20. The molecule has 1 aliphatic heterocycles. The van der Waals surface area contributed by atoms with Crippen LogP contribution in [0.1, 0.15) is 28.4 Å². The average Bonchev–Trinajstić information content (AvgIpc) is 2.86. The normalized spacial score (nSPS) is 14.3. The van der Waals surface area contributed by atoms with Crippen molar-refractivity contribution < 1.29 is 9.90 Å². The zero-order chi connectivity index (χ0) is 23.7. The van der Waals surface area contributed by atoms with Gasteiger partial charge in [0.05, 0.1) is 17.7 Å². The van der Waals surface area contributed by atoms with Gasteiger partial charge in [-0.15, -0.1) is 0 Å². The van der Waals surface area contributed by atoms with Gasteiger partial charge in [0.25, 0.3) is 0 Å². The third-order valence-corrected chi connectivity index (χ3v) is 6.38. The number of aliphatic hydroxyl groups excluding tert-OH is 1. The smallest absolute Gasteiger partial charge is 0.342 e. The van der Waals surface area contributed by atoms with E-state index < -0.39 is 6.10 Å². The second kappa shape index (κ2) is 9.43. The van der Waals surface area contributed by atoms with Crippen LogP contribution in [0.15, 0.2) is 78.0 Å². The first-order valence-electron chi connectivity index (χ1n) is 10.7. The van der Waals surface area contributed by atoms with Gasteiger partial charge in [0, 0.05) is 39.8 Å². The highest BCUT2D eigenvalue weighted by molar-refractivity contribution is 6.36. The Morgan fingerprint density at radius 1 is 1.00 bits per heavy atom. The molecular formula is C26H20Cl2N4O2. The predicted molar refractivity (Wildman–Crippen MR) is 136 cm³/mol. The molecule has 4 aromatic rings. The summed E-state index contributed by atoms with van der Waals surface area (Å²) in [4.78, 5) is 16.5. The van der Waals surface area contributed by atoms with Gasteiger partial charge in [-0.2, -0.15) is 10.1 Å². The molecule has 2 N–H and O–H groups in total. The van der Waals surface area contributed by atoms with Crippen LogP contribution in [0.2, 0.25) is 10.0 Å². The highest BCUT2D eigenvalue weighted by Crippen LogP contribution is 2.33. The Kier molecular flexibility index (Phi) is 6.20. The van der Waals surface area contributed by atoms with Crippen molar-refractivity contribution in [1.82, 2.24) is 10.3 Å². The number of carbonyl (C=O) groups is 1. The van der Waals surface area contributed by atoms with Gasteiger partial charge in [-0.3, -0.25) is 4.98 Å². The van der Waals surface area contributed by atoms with Gasteiger partial charge in [0.1, 0.15) is 6.10 Å². The summed E-state index contributed by atoms with van der Waals surface area (Å²) < 4.78 is 0. The highest BCUT2D eigenvalue weighted by atomic mass is 35.5. The molecule has 8 heteroatoms. The number of fused-ring (bicyclic) bond motifs is 1. The summed E-state index contributed by atoms with van der Waals surface area (Å²) in [5.74, 6) is 0. The molecule has 1 aliphatic rings. The maximum Gasteiger partial charge on any atom is 0.342 e. The van der Waals surface area contributed by atoms with Crippen molar-refractivity contribution in [3.63, 3.8) is 0 Å². The topological polar surface area (TPSA) is 77.8 Å². The van der Waals surface area contributed by atoms with E-state index in [0.717, 1.165) is 33.2 Å². The lowest BCUT2D eigenvalue weighted by Gasteiger charge is -2.22. The SMILES string of the molecule is O=C1NCC=NN1c1cc(Cl)c(Cc2ccc(C(O)c3cnc4ccccc4c3)cc2)c(Cl)c1. The lowest BCUT2D eigenvalue weighted by molar-refractivity contribution is 0.220. The number of amides is 2. The van der Waals surface area contributed by atoms with Crippen LogP contribution in [0.5, 0.6) is 0 Å². The molecule has 1 unspecified atom stereocenters. The zero-order valence-corrected chi connectivity index (χ0v) is 19.5. The standard InChI is InChI=1S/C26H20Cl2N4O2/c27-22-13-20(32-26(34)29-9-10-31-32)14-23(28)21(22)11-16-5-7-17(8-6-16)25(33)19-12-18-3-1-2-4-24(18)30-15-19/h1-8,10,12-15,25,33H,9,11H2,(H,29,34). The molecule has 0 bridgehead atoms. The van der Waals surface area contributed by atoms with Gasteiger partial charge < -0.3 is 10.4 Å². The van der Waals surface area contributed by atoms with E-state index in [1.165, 1.54) is 5.01 Å². The molecule has 0 radical (unpaired) electrons. The van der Waals surface area contributed by atoms with E-state index in [1.54, 1.807) is 24.5 Å². The third-order valence-electron chi connectivity index (χ3n) is 5.71. The van der Waals surface area contributed by atoms with Crippen molar-refractivity contribution >= 4 is 52.0 Å². The molecule has 1 aromatic heterocycles. The number of hydrogen-bond acceptors (Lipinski definition) is 4. The Balaban J connectivity index is 1.35. The Bertz CT molecular complexity index is 1380. The number of nitrogens with one attached hydrogen (secondary N) is 1. The fourth-order valence-corrected chi connectivity index (χ4v) is 4.51. The first-order valence-corrected chi connectivity index (χ1v) is 11.4. The number of para-hydroxylation sites is 1. The van der Waals surface area contributed by atoms with E-state index in [2.05, 4.69) is 15.4 Å². The third kappa shape index (κ3) is 4.48. The van der Waals surface area contributed by atoms with Crippen LogP contribution in [-0.4, -0.2) is 28.9 Å². The predicted octanol–water partition coefficient (Wildman–Crippen LogP) is 5.73. The Labute approximate surface area is 206 Å². The molecular weight excluding hydrogens is 471 g/mol. The first-order chi connectivity index (χ1) is 16.5. The van der Waals surface area contributed by atoms with Crippen LogP contribution in [0.25, 0.3) is 10.9 Å². The number of carbonyl (C=O) groups excluding carboxylic acids is 1. The summed E-state index contributed by atoms with van der Waals surface area (Å²) in [6, 6.07) is 20.4. The van der Waals surface area contributed by atoms with E-state index in [0.29, 0.717) is 28.7 Å². The van der Waals surface area contributed by atoms with Crippen LogP contribution in [0, 0.1) is 0 Å². The lowest BCUT2D eigenvalue weighted by atomic mass is 9.98. The summed E-state index contributed by atoms with van der Waals surface area (Å²) in [6.07, 6.45) is 3.02. The average molecular weight is 491 g/mol. The second-order valence-electron chi connectivity index (χ2n) is 7.97. The van der Waals surface area contributed by atoms with Crippen LogP contribution < -0.4 is 10.3 Å². The molecule has 0 saturated heterocycles. The van der Waals surface area contributed by atoms with Gasteiger partial charge in [-0.25, -0.2) is 4.79 Å². The van der Waals surface area contributed by atoms with Crippen molar-refractivity contribution in [2.75, 3.05) is 11.6 Å². The Morgan fingerprint density at radius 3 is 2.47 bits per heavy atom. The van der Waals surface area contributed by atoms with Crippen molar-refractivity contribution in [1.29, 1.82) is 0 Å². The fourth-order valence-electron chi connectivity index (χ4n) is 3.90. The molecule has 3 aromatic carbocycles. The molecule has 2 amide bonds. The monoisotopic (exact) mass is 490 g/mol. The van der Waals surface area contributed by atoms with Crippen molar-refractivity contribution in [2.45, 2.75) is 12.5 Å². The maximum atomic E-state index is 12.0. The molecule has 5 rings (SSSR count). The molecule has 0 fully saturated rings. The number of aromatic nitrogens is 1. The minimum absolute atomic E-state index is 0.335. The summed E-state index contributed by atoms with van der Waals surface area (Å²) in [7, 11) is 0. The quantitative estimate of drug-likeness (QED) is 0.374. The number of hydrazone groups is 1. The second-order valence-corrected chi connectivity index (χ2v) is 8.78. The zero-order valence-electron chi connectivity index (χ0n) is 18.0. The number of rotatable bonds is 5. The summed E-state index contributed by atoms with van der Waals surface area (Å²) in [5, 5.41) is 20.7. The molecule has 6 nitrogen and oxygen atoms in total. The lowest BCUT2D eigenvalue weighted by Crippen LogP contribution is -2.41. The first kappa shape index (κ1) is 22.3. The molecule has 34 heavy (non-hydrogen) atoms. The number of pyridine rings is 1. The summed E-state index contributed by atoms with van der Waals surface area (Å²) >= 11 is 13.0.